The maximum absolute atomic E-state index is 10.7. The highest BCUT2D eigenvalue weighted by atomic mass is 16.4. The summed E-state index contributed by atoms with van der Waals surface area (Å²) in [4.78, 5) is 22.0. The van der Waals surface area contributed by atoms with E-state index in [0.29, 0.717) is 4.90 Å². The Morgan fingerprint density at radius 1 is 1.50 bits per heavy atom. The van der Waals surface area contributed by atoms with Gasteiger partial charge in [-0.1, -0.05) is 0 Å². The SMILES string of the molecule is NC[C@@]1(O)C[C@@H](C(=O)O)N(C(=O)O)C1. The Morgan fingerprint density at radius 2 is 2.07 bits per heavy atom. The Hall–Kier alpha value is -1.34. The van der Waals surface area contributed by atoms with Gasteiger partial charge in [-0.2, -0.15) is 0 Å². The molecular formula is C7H12N2O5. The van der Waals surface area contributed by atoms with Crippen LogP contribution >= 0.6 is 0 Å². The van der Waals surface area contributed by atoms with Gasteiger partial charge in [0.1, 0.15) is 6.04 Å². The third kappa shape index (κ3) is 1.78. The van der Waals surface area contributed by atoms with E-state index in [-0.39, 0.29) is 19.5 Å². The van der Waals surface area contributed by atoms with E-state index in [9.17, 15) is 14.7 Å². The van der Waals surface area contributed by atoms with E-state index in [1.165, 1.54) is 0 Å². The van der Waals surface area contributed by atoms with Crippen LogP contribution in [-0.2, 0) is 4.79 Å². The van der Waals surface area contributed by atoms with Crippen molar-refractivity contribution in [2.45, 2.75) is 18.1 Å². The van der Waals surface area contributed by atoms with Crippen LogP contribution in [0.4, 0.5) is 4.79 Å². The van der Waals surface area contributed by atoms with E-state index in [1.807, 2.05) is 0 Å². The third-order valence-electron chi connectivity index (χ3n) is 2.32. The van der Waals surface area contributed by atoms with Gasteiger partial charge in [-0.15, -0.1) is 0 Å². The van der Waals surface area contributed by atoms with Crippen molar-refractivity contribution in [1.29, 1.82) is 0 Å². The van der Waals surface area contributed by atoms with Gasteiger partial charge < -0.3 is 21.1 Å². The highest BCUT2D eigenvalue weighted by Gasteiger charge is 2.47. The fourth-order valence-corrected chi connectivity index (χ4v) is 1.53. The number of carbonyl (C=O) groups is 2. The average Bonchev–Trinajstić information content (AvgIpc) is 2.45. The number of hydrogen-bond donors (Lipinski definition) is 4. The molecule has 1 aliphatic rings. The summed E-state index contributed by atoms with van der Waals surface area (Å²) in [5.41, 5.74) is 3.82. The molecule has 0 saturated carbocycles. The number of nitrogens with two attached hydrogens (primary N) is 1. The number of amides is 1. The lowest BCUT2D eigenvalue weighted by molar-refractivity contribution is -0.141. The molecule has 1 fully saturated rings. The first-order chi connectivity index (χ1) is 6.39. The van der Waals surface area contributed by atoms with Crippen LogP contribution in [0.15, 0.2) is 0 Å². The zero-order chi connectivity index (χ0) is 10.9. The van der Waals surface area contributed by atoms with Crippen molar-refractivity contribution in [3.05, 3.63) is 0 Å². The second-order valence-corrected chi connectivity index (χ2v) is 3.40. The van der Waals surface area contributed by atoms with Crippen LogP contribution in [0.25, 0.3) is 0 Å². The molecule has 1 saturated heterocycles. The predicted molar refractivity (Wildman–Crippen MR) is 44.8 cm³/mol. The van der Waals surface area contributed by atoms with E-state index < -0.39 is 23.7 Å². The monoisotopic (exact) mass is 204 g/mol. The second-order valence-electron chi connectivity index (χ2n) is 3.40. The van der Waals surface area contributed by atoms with E-state index in [1.54, 1.807) is 0 Å². The highest BCUT2D eigenvalue weighted by molar-refractivity contribution is 5.80. The molecule has 7 nitrogen and oxygen atoms in total. The molecule has 0 spiro atoms. The standard InChI is InChI=1S/C7H12N2O5/c8-2-7(14)1-4(5(10)11)9(3-7)6(12)13/h4,14H,1-3,8H2,(H,10,11)(H,12,13)/t4-,7-/m0/s1. The van der Waals surface area contributed by atoms with Gasteiger partial charge in [-0.05, 0) is 0 Å². The quantitative estimate of drug-likeness (QED) is 0.434. The summed E-state index contributed by atoms with van der Waals surface area (Å²) in [6, 6.07) is -1.21. The maximum atomic E-state index is 10.7. The number of β-amino-alcohol motifs (C(OH)–C–C–N with tert-alkyl or cyclic N) is 1. The summed E-state index contributed by atoms with van der Waals surface area (Å²) in [6.07, 6.45) is -1.52. The van der Waals surface area contributed by atoms with Crippen molar-refractivity contribution in [1.82, 2.24) is 4.90 Å². The zero-order valence-corrected chi connectivity index (χ0v) is 7.38. The summed E-state index contributed by atoms with van der Waals surface area (Å²) in [5.74, 6) is -1.27. The Balaban J connectivity index is 2.85. The van der Waals surface area contributed by atoms with Gasteiger partial charge >= 0.3 is 12.1 Å². The number of aliphatic hydroxyl groups is 1. The molecule has 80 valence electrons. The lowest BCUT2D eigenvalue weighted by atomic mass is 10.0. The zero-order valence-electron chi connectivity index (χ0n) is 7.38. The lowest BCUT2D eigenvalue weighted by Crippen LogP contribution is -2.42. The molecule has 0 bridgehead atoms. The Kier molecular flexibility index (Phi) is 2.63. The van der Waals surface area contributed by atoms with Gasteiger partial charge in [0.05, 0.1) is 12.1 Å². The highest BCUT2D eigenvalue weighted by Crippen LogP contribution is 2.26. The first-order valence-corrected chi connectivity index (χ1v) is 4.04. The topological polar surface area (TPSA) is 124 Å². The van der Waals surface area contributed by atoms with Crippen molar-refractivity contribution in [2.24, 2.45) is 5.73 Å². The first-order valence-electron chi connectivity index (χ1n) is 4.04. The minimum Gasteiger partial charge on any atom is -0.480 e. The summed E-state index contributed by atoms with van der Waals surface area (Å²) in [7, 11) is 0. The number of carboxylic acids is 1. The second kappa shape index (κ2) is 3.43. The van der Waals surface area contributed by atoms with Crippen LogP contribution in [0.3, 0.4) is 0 Å². The molecule has 0 aliphatic carbocycles. The Bertz CT molecular complexity index is 245. The fraction of sp³-hybridized carbons (Fsp3) is 0.714. The van der Waals surface area contributed by atoms with Crippen molar-refractivity contribution in [3.63, 3.8) is 0 Å². The number of rotatable bonds is 2. The van der Waals surface area contributed by atoms with Crippen LogP contribution in [0, 0.1) is 0 Å². The van der Waals surface area contributed by atoms with E-state index in [2.05, 4.69) is 0 Å². The summed E-state index contributed by atoms with van der Waals surface area (Å²) in [6.45, 7) is -0.406. The van der Waals surface area contributed by atoms with E-state index >= 15 is 0 Å². The van der Waals surface area contributed by atoms with Gasteiger partial charge in [0.2, 0.25) is 0 Å². The number of nitrogens with zero attached hydrogens (tertiary/aromatic N) is 1. The number of likely N-dealkylation sites (tertiary alicyclic amines) is 1. The number of carboxylic acid groups (broad SMARTS) is 2. The van der Waals surface area contributed by atoms with Crippen molar-refractivity contribution >= 4 is 12.1 Å². The van der Waals surface area contributed by atoms with Gasteiger partial charge in [-0.25, -0.2) is 9.59 Å². The van der Waals surface area contributed by atoms with Crippen LogP contribution in [0.2, 0.25) is 0 Å². The van der Waals surface area contributed by atoms with Crippen LogP contribution < -0.4 is 5.73 Å². The molecule has 0 aromatic carbocycles. The number of aliphatic carboxylic acids is 1. The molecule has 0 aromatic rings. The van der Waals surface area contributed by atoms with E-state index in [0.717, 1.165) is 0 Å². The summed E-state index contributed by atoms with van der Waals surface area (Å²) < 4.78 is 0. The molecule has 1 heterocycles. The molecule has 2 atom stereocenters. The number of hydrogen-bond acceptors (Lipinski definition) is 4. The predicted octanol–water partition coefficient (Wildman–Crippen LogP) is -1.49. The molecule has 0 radical (unpaired) electrons. The fourth-order valence-electron chi connectivity index (χ4n) is 1.53. The third-order valence-corrected chi connectivity index (χ3v) is 2.32. The maximum Gasteiger partial charge on any atom is 0.408 e. The summed E-state index contributed by atoms with van der Waals surface area (Å²) >= 11 is 0. The molecule has 0 unspecified atom stereocenters. The van der Waals surface area contributed by atoms with Gasteiger partial charge in [0.15, 0.2) is 0 Å². The van der Waals surface area contributed by atoms with Gasteiger partial charge in [0, 0.05) is 13.0 Å². The molecule has 1 aliphatic heterocycles. The smallest absolute Gasteiger partial charge is 0.408 e. The average molecular weight is 204 g/mol. The molecule has 1 amide bonds. The van der Waals surface area contributed by atoms with Crippen LogP contribution in [0.1, 0.15) is 6.42 Å². The van der Waals surface area contributed by atoms with Crippen molar-refractivity contribution in [3.8, 4) is 0 Å². The minimum absolute atomic E-state index is 0.152. The molecule has 7 heteroatoms. The molecular weight excluding hydrogens is 192 g/mol. The first kappa shape index (κ1) is 10.7. The Morgan fingerprint density at radius 3 is 2.36 bits per heavy atom. The molecule has 1 rings (SSSR count). The van der Waals surface area contributed by atoms with Gasteiger partial charge in [-0.3, -0.25) is 4.90 Å². The van der Waals surface area contributed by atoms with Crippen LogP contribution in [-0.4, -0.2) is 57.0 Å². The normalized spacial score (nSPS) is 31.9. The van der Waals surface area contributed by atoms with Crippen molar-refractivity contribution in [2.75, 3.05) is 13.1 Å². The molecule has 14 heavy (non-hydrogen) atoms. The Labute approximate surface area is 79.7 Å². The molecule has 5 N–H and O–H groups in total. The minimum atomic E-state index is -1.42. The summed E-state index contributed by atoms with van der Waals surface area (Å²) in [5, 5.41) is 27.0. The van der Waals surface area contributed by atoms with Crippen LogP contribution in [0.5, 0.6) is 0 Å². The van der Waals surface area contributed by atoms with Crippen molar-refractivity contribution < 1.29 is 24.9 Å². The van der Waals surface area contributed by atoms with E-state index in [4.69, 9.17) is 15.9 Å². The largest absolute Gasteiger partial charge is 0.480 e. The van der Waals surface area contributed by atoms with Gasteiger partial charge in [0.25, 0.3) is 0 Å². The lowest BCUT2D eigenvalue weighted by Gasteiger charge is -2.19. The molecule has 0 aromatic heterocycles.